The van der Waals surface area contributed by atoms with Crippen molar-refractivity contribution in [2.75, 3.05) is 0 Å². The summed E-state index contributed by atoms with van der Waals surface area (Å²) in [5, 5.41) is 0. The van der Waals surface area contributed by atoms with Gasteiger partial charge in [-0.15, -0.1) is 0 Å². The molecular weight excluding hydrogens is 310 g/mol. The van der Waals surface area contributed by atoms with Crippen LogP contribution in [0, 0.1) is 0 Å². The smallest absolute Gasteiger partial charge is 0.273 e. The van der Waals surface area contributed by atoms with Crippen LogP contribution in [0.1, 0.15) is 36.0 Å². The number of benzene rings is 2. The van der Waals surface area contributed by atoms with Crippen molar-refractivity contribution in [3.8, 4) is 5.69 Å². The van der Waals surface area contributed by atoms with Crippen molar-refractivity contribution in [3.05, 3.63) is 93.7 Å². The van der Waals surface area contributed by atoms with Crippen LogP contribution >= 0.6 is 0 Å². The Hall–Kier alpha value is -3.01. The highest BCUT2D eigenvalue weighted by Gasteiger charge is 2.20. The number of hydrogen-bond acceptors (Lipinski definition) is 3. The summed E-state index contributed by atoms with van der Waals surface area (Å²) in [6.45, 7) is 2.51. The summed E-state index contributed by atoms with van der Waals surface area (Å²) >= 11 is 0. The van der Waals surface area contributed by atoms with E-state index in [0.29, 0.717) is 12.4 Å². The molecule has 4 rings (SSSR count). The van der Waals surface area contributed by atoms with Gasteiger partial charge in [0.15, 0.2) is 0 Å². The molecule has 0 saturated heterocycles. The van der Waals surface area contributed by atoms with E-state index >= 15 is 0 Å². The van der Waals surface area contributed by atoms with E-state index in [2.05, 4.69) is 40.7 Å². The summed E-state index contributed by atoms with van der Waals surface area (Å²) in [4.78, 5) is 21.1. The van der Waals surface area contributed by atoms with Crippen LogP contribution in [0.3, 0.4) is 0 Å². The van der Waals surface area contributed by atoms with Crippen molar-refractivity contribution >= 4 is 5.71 Å². The third kappa shape index (κ3) is 2.80. The third-order valence-corrected chi connectivity index (χ3v) is 4.41. The van der Waals surface area contributed by atoms with Gasteiger partial charge >= 0.3 is 0 Å². The molecule has 2 heterocycles. The van der Waals surface area contributed by atoms with Crippen molar-refractivity contribution in [1.82, 2.24) is 9.55 Å². The number of hydrogen-bond donors (Lipinski definition) is 0. The molecule has 0 radical (unpaired) electrons. The normalized spacial score (nSPS) is 12.8. The van der Waals surface area contributed by atoms with E-state index in [1.807, 2.05) is 30.3 Å². The van der Waals surface area contributed by atoms with Crippen LogP contribution in [-0.2, 0) is 13.0 Å². The van der Waals surface area contributed by atoms with Crippen LogP contribution < -0.4 is 5.56 Å². The van der Waals surface area contributed by atoms with Crippen molar-refractivity contribution in [2.45, 2.75) is 26.3 Å². The van der Waals surface area contributed by atoms with Gasteiger partial charge in [-0.25, -0.2) is 0 Å². The van der Waals surface area contributed by atoms with E-state index in [4.69, 9.17) is 4.99 Å². The first-order valence-electron chi connectivity index (χ1n) is 8.59. The molecule has 0 bridgehead atoms. The minimum atomic E-state index is -0.189. The number of fused-ring (bicyclic) bond motifs is 3. The molecule has 0 amide bonds. The zero-order chi connectivity index (χ0) is 17.2. The van der Waals surface area contributed by atoms with E-state index in [-0.39, 0.29) is 5.56 Å². The van der Waals surface area contributed by atoms with Crippen molar-refractivity contribution in [3.63, 3.8) is 0 Å². The Morgan fingerprint density at radius 2 is 1.80 bits per heavy atom. The van der Waals surface area contributed by atoms with Gasteiger partial charge in [0.2, 0.25) is 0 Å². The Morgan fingerprint density at radius 3 is 2.60 bits per heavy atom. The van der Waals surface area contributed by atoms with Gasteiger partial charge in [-0.2, -0.15) is 4.98 Å². The zero-order valence-electron chi connectivity index (χ0n) is 14.1. The van der Waals surface area contributed by atoms with Crippen LogP contribution in [-0.4, -0.2) is 15.3 Å². The molecule has 3 aromatic rings. The minimum Gasteiger partial charge on any atom is -0.300 e. The Balaban J connectivity index is 2.00. The van der Waals surface area contributed by atoms with Crippen LogP contribution in [0.5, 0.6) is 0 Å². The summed E-state index contributed by atoms with van der Waals surface area (Å²) < 4.78 is 2.11. The van der Waals surface area contributed by atoms with Crippen LogP contribution in [0.25, 0.3) is 5.69 Å². The zero-order valence-corrected chi connectivity index (χ0v) is 14.1. The Bertz CT molecular complexity index is 1000. The Morgan fingerprint density at radius 1 is 1.04 bits per heavy atom. The number of nitrogens with zero attached hydrogens (tertiary/aromatic N) is 3. The van der Waals surface area contributed by atoms with Gasteiger partial charge < -0.3 is 0 Å². The van der Waals surface area contributed by atoms with Gasteiger partial charge in [-0.05, 0) is 12.5 Å². The highest BCUT2D eigenvalue weighted by atomic mass is 16.1. The molecule has 0 fully saturated rings. The monoisotopic (exact) mass is 329 g/mol. The maximum Gasteiger partial charge on any atom is 0.273 e. The van der Waals surface area contributed by atoms with E-state index in [1.165, 1.54) is 0 Å². The molecule has 2 aromatic carbocycles. The van der Waals surface area contributed by atoms with E-state index < -0.39 is 0 Å². The lowest BCUT2D eigenvalue weighted by Crippen LogP contribution is -2.20. The minimum absolute atomic E-state index is 0.189. The summed E-state index contributed by atoms with van der Waals surface area (Å²) in [6.07, 6.45) is 1.80. The largest absolute Gasteiger partial charge is 0.300 e. The topological polar surface area (TPSA) is 47.2 Å². The fourth-order valence-electron chi connectivity index (χ4n) is 3.37. The van der Waals surface area contributed by atoms with Crippen molar-refractivity contribution in [2.24, 2.45) is 4.99 Å². The molecule has 1 aliphatic rings. The lowest BCUT2D eigenvalue weighted by atomic mass is 10.0. The number of aromatic nitrogens is 2. The van der Waals surface area contributed by atoms with Gasteiger partial charge in [0.05, 0.1) is 17.9 Å². The molecular formula is C21H19N3O. The molecule has 4 heteroatoms. The molecule has 1 aliphatic heterocycles. The third-order valence-electron chi connectivity index (χ3n) is 4.41. The Labute approximate surface area is 146 Å². The lowest BCUT2D eigenvalue weighted by Gasteiger charge is -2.17. The average Bonchev–Trinajstić information content (AvgIpc) is 2.79. The predicted molar refractivity (Wildman–Crippen MR) is 99.6 cm³/mol. The second-order valence-electron chi connectivity index (χ2n) is 6.14. The summed E-state index contributed by atoms with van der Waals surface area (Å²) in [5.41, 5.74) is 4.92. The number of rotatable bonds is 3. The van der Waals surface area contributed by atoms with Gasteiger partial charge in [-0.3, -0.25) is 14.4 Å². The lowest BCUT2D eigenvalue weighted by molar-refractivity contribution is 0.745. The fraction of sp³-hybridized carbons (Fsp3) is 0.190. The fourth-order valence-corrected chi connectivity index (χ4v) is 3.37. The summed E-state index contributed by atoms with van der Waals surface area (Å²) in [6, 6.07) is 20.0. The van der Waals surface area contributed by atoms with Gasteiger partial charge in [0, 0.05) is 22.9 Å². The second kappa shape index (κ2) is 6.48. The molecule has 0 atom stereocenters. The van der Waals surface area contributed by atoms with Gasteiger partial charge in [0.1, 0.15) is 5.82 Å². The van der Waals surface area contributed by atoms with Crippen LogP contribution in [0.4, 0.5) is 0 Å². The van der Waals surface area contributed by atoms with Crippen LogP contribution in [0.2, 0.25) is 0 Å². The van der Waals surface area contributed by atoms with E-state index in [0.717, 1.165) is 41.1 Å². The number of aryl methyl sites for hydroxylation is 1. The standard InChI is InChI=1S/C21H19N3O/c1-2-8-16-13-20(25)23-19-14-22-21(15-9-4-3-5-10-15)17-11-6-7-12-18(17)24(16)19/h3-7,9-13H,2,8,14H2,1H3. The maximum absolute atomic E-state index is 12.0. The number of para-hydroxylation sites is 1. The molecule has 4 nitrogen and oxygen atoms in total. The van der Waals surface area contributed by atoms with Crippen molar-refractivity contribution in [1.29, 1.82) is 0 Å². The quantitative estimate of drug-likeness (QED) is 0.738. The molecule has 124 valence electrons. The Kier molecular flexibility index (Phi) is 4.02. The first-order chi connectivity index (χ1) is 12.3. The first-order valence-corrected chi connectivity index (χ1v) is 8.59. The highest BCUT2D eigenvalue weighted by Crippen LogP contribution is 2.25. The molecule has 0 unspecified atom stereocenters. The molecule has 0 saturated carbocycles. The van der Waals surface area contributed by atoms with Crippen LogP contribution in [0.15, 0.2) is 70.5 Å². The molecule has 0 aliphatic carbocycles. The average molecular weight is 329 g/mol. The van der Waals surface area contributed by atoms with Gasteiger partial charge in [0.25, 0.3) is 5.56 Å². The maximum atomic E-state index is 12.0. The summed E-state index contributed by atoms with van der Waals surface area (Å²) in [7, 11) is 0. The van der Waals surface area contributed by atoms with Gasteiger partial charge in [-0.1, -0.05) is 61.9 Å². The predicted octanol–water partition coefficient (Wildman–Crippen LogP) is 3.54. The molecule has 25 heavy (non-hydrogen) atoms. The molecule has 0 N–H and O–H groups in total. The number of aliphatic imine (C=N–C) groups is 1. The molecule has 1 aromatic heterocycles. The molecule has 0 spiro atoms. The second-order valence-corrected chi connectivity index (χ2v) is 6.14. The first kappa shape index (κ1) is 15.5. The highest BCUT2D eigenvalue weighted by molar-refractivity contribution is 6.15. The van der Waals surface area contributed by atoms with E-state index in [1.54, 1.807) is 6.07 Å². The van der Waals surface area contributed by atoms with E-state index in [9.17, 15) is 4.79 Å². The van der Waals surface area contributed by atoms with Crippen molar-refractivity contribution < 1.29 is 0 Å². The SMILES string of the molecule is CCCc1cc(=O)nc2n1-c1ccccc1C(c1ccccc1)=NC2. The summed E-state index contributed by atoms with van der Waals surface area (Å²) in [5.74, 6) is 0.703.